The predicted octanol–water partition coefficient (Wildman–Crippen LogP) is 3.84. The Hall–Kier alpha value is -0.750. The molecule has 0 bridgehead atoms. The largest absolute Gasteiger partial charge is 0.314 e. The average molecular weight is 285 g/mol. The van der Waals surface area contributed by atoms with Gasteiger partial charge in [-0.3, -0.25) is 0 Å². The Labute approximate surface area is 119 Å². The zero-order valence-corrected chi connectivity index (χ0v) is 12.0. The summed E-state index contributed by atoms with van der Waals surface area (Å²) in [6, 6.07) is 10.8. The van der Waals surface area contributed by atoms with Crippen molar-refractivity contribution in [3.63, 3.8) is 0 Å². The van der Waals surface area contributed by atoms with Crippen molar-refractivity contribution in [1.82, 2.24) is 5.32 Å². The maximum Gasteiger partial charge on any atom is 0.0991 e. The molecule has 1 aromatic carbocycles. The van der Waals surface area contributed by atoms with Crippen LogP contribution in [0.2, 0.25) is 0 Å². The normalized spacial score (nSPS) is 22.6. The first-order chi connectivity index (χ1) is 8.71. The monoisotopic (exact) mass is 284 g/mol. The van der Waals surface area contributed by atoms with E-state index in [2.05, 4.69) is 30.4 Å². The van der Waals surface area contributed by atoms with Gasteiger partial charge in [0.15, 0.2) is 0 Å². The third-order valence-corrected chi connectivity index (χ3v) is 3.13. The van der Waals surface area contributed by atoms with E-state index in [1.165, 1.54) is 18.4 Å². The second kappa shape index (κ2) is 8.37. The zero-order chi connectivity index (χ0) is 13.4. The van der Waals surface area contributed by atoms with Crippen molar-refractivity contribution < 1.29 is 0 Å². The Balaban J connectivity index is 0.000000492. The summed E-state index contributed by atoms with van der Waals surface area (Å²) in [6.45, 7) is 3.33. The molecule has 98 valence electrons. The van der Waals surface area contributed by atoms with Crippen LogP contribution in [0.3, 0.4) is 0 Å². The maximum atomic E-state index is 8.72. The van der Waals surface area contributed by atoms with Gasteiger partial charge in [0.25, 0.3) is 0 Å². The Morgan fingerprint density at radius 1 is 1.33 bits per heavy atom. The molecule has 2 unspecified atom stereocenters. The Morgan fingerprint density at radius 3 is 2.44 bits per heavy atom. The first-order valence-corrected chi connectivity index (χ1v) is 7.13. The lowest BCUT2D eigenvalue weighted by molar-refractivity contribution is 0.381. The van der Waals surface area contributed by atoms with E-state index in [0.717, 1.165) is 12.1 Å². The van der Waals surface area contributed by atoms with Gasteiger partial charge in [0.2, 0.25) is 0 Å². The van der Waals surface area contributed by atoms with Crippen LogP contribution in [0, 0.1) is 11.3 Å². The van der Waals surface area contributed by atoms with Crippen molar-refractivity contribution in [3.8, 4) is 6.07 Å². The van der Waals surface area contributed by atoms with E-state index in [0.29, 0.717) is 12.0 Å². The van der Waals surface area contributed by atoms with Crippen LogP contribution in [0.25, 0.3) is 0 Å². The van der Waals surface area contributed by atoms with E-state index in [1.54, 1.807) is 0 Å². The third kappa shape index (κ3) is 4.86. The molecule has 0 spiro atoms. The molecule has 1 fully saturated rings. The van der Waals surface area contributed by atoms with Crippen molar-refractivity contribution in [2.24, 2.45) is 0 Å². The van der Waals surface area contributed by atoms with Crippen LogP contribution in [0.5, 0.6) is 0 Å². The highest BCUT2D eigenvalue weighted by atomic mass is 35.5. The predicted molar refractivity (Wildman–Crippen MR) is 77.2 cm³/mol. The van der Waals surface area contributed by atoms with E-state index in [9.17, 15) is 0 Å². The number of piperidine rings is 1. The number of benzene rings is 1. The van der Waals surface area contributed by atoms with Crippen molar-refractivity contribution in [3.05, 3.63) is 35.4 Å². The van der Waals surface area contributed by atoms with Gasteiger partial charge in [0.1, 0.15) is 0 Å². The quantitative estimate of drug-likeness (QED) is 0.796. The Morgan fingerprint density at radius 2 is 1.94 bits per heavy atom. The van der Waals surface area contributed by atoms with Gasteiger partial charge >= 0.3 is 0 Å². The molecule has 2 nitrogen and oxygen atoms in total. The van der Waals surface area contributed by atoms with Crippen LogP contribution in [-0.2, 0) is 0 Å². The van der Waals surface area contributed by atoms with Crippen LogP contribution < -0.4 is 5.32 Å². The zero-order valence-electron chi connectivity index (χ0n) is 10.5. The highest BCUT2D eigenvalue weighted by Gasteiger charge is 2.19. The average Bonchev–Trinajstić information content (AvgIpc) is 2.40. The molecular formula is C14H18Cl2N2. The smallest absolute Gasteiger partial charge is 0.0991 e. The molecule has 1 aliphatic heterocycles. The van der Waals surface area contributed by atoms with Crippen molar-refractivity contribution in [1.29, 1.82) is 5.26 Å². The summed E-state index contributed by atoms with van der Waals surface area (Å²) >= 11 is 9.53. The molecule has 1 aliphatic rings. The fraction of sp³-hybridized carbons (Fsp3) is 0.500. The number of rotatable bonds is 1. The molecule has 4 heteroatoms. The van der Waals surface area contributed by atoms with Crippen LogP contribution in [0.4, 0.5) is 0 Å². The summed E-state index contributed by atoms with van der Waals surface area (Å²) < 4.78 is 0. The molecule has 0 saturated carbocycles. The number of hydrogen-bond acceptors (Lipinski definition) is 2. The SMILES string of the molecule is CC1CC(c2ccc(C#N)cc2)CCN1.ClCCl. The van der Waals surface area contributed by atoms with Gasteiger partial charge in [-0.15, -0.1) is 23.2 Å². The molecule has 18 heavy (non-hydrogen) atoms. The molecule has 1 saturated heterocycles. The molecule has 2 atom stereocenters. The number of halogens is 2. The van der Waals surface area contributed by atoms with E-state index in [-0.39, 0.29) is 5.34 Å². The molecular weight excluding hydrogens is 267 g/mol. The van der Waals surface area contributed by atoms with E-state index in [4.69, 9.17) is 28.5 Å². The summed E-state index contributed by atoms with van der Waals surface area (Å²) in [5.41, 5.74) is 2.13. The maximum absolute atomic E-state index is 8.72. The number of hydrogen-bond donors (Lipinski definition) is 1. The highest BCUT2D eigenvalue weighted by Crippen LogP contribution is 2.27. The van der Waals surface area contributed by atoms with E-state index < -0.39 is 0 Å². The van der Waals surface area contributed by atoms with Crippen LogP contribution in [-0.4, -0.2) is 17.9 Å². The molecule has 0 amide bonds. The van der Waals surface area contributed by atoms with Gasteiger partial charge in [0, 0.05) is 6.04 Å². The van der Waals surface area contributed by atoms with Gasteiger partial charge in [-0.2, -0.15) is 5.26 Å². The minimum atomic E-state index is 0.194. The van der Waals surface area contributed by atoms with Gasteiger partial charge < -0.3 is 5.32 Å². The molecule has 1 aromatic rings. The summed E-state index contributed by atoms with van der Waals surface area (Å²) in [5.74, 6) is 0.661. The standard InChI is InChI=1S/C13H16N2.CH2Cl2/c1-10-8-13(6-7-15-10)12-4-2-11(9-14)3-5-12;2-1-3/h2-5,10,13,15H,6-8H2,1H3;1H2. The number of nitrogens with one attached hydrogen (secondary N) is 1. The lowest BCUT2D eigenvalue weighted by Gasteiger charge is -2.28. The van der Waals surface area contributed by atoms with Crippen LogP contribution in [0.1, 0.15) is 36.8 Å². The van der Waals surface area contributed by atoms with E-state index >= 15 is 0 Å². The number of nitriles is 1. The lowest BCUT2D eigenvalue weighted by Crippen LogP contribution is -2.34. The summed E-state index contributed by atoms with van der Waals surface area (Å²) in [5, 5.41) is 12.4. The van der Waals surface area contributed by atoms with Crippen molar-refractivity contribution in [2.45, 2.75) is 31.7 Å². The van der Waals surface area contributed by atoms with Gasteiger partial charge in [-0.05, 0) is 49.9 Å². The fourth-order valence-corrected chi connectivity index (χ4v) is 2.26. The fourth-order valence-electron chi connectivity index (χ4n) is 2.26. The summed E-state index contributed by atoms with van der Waals surface area (Å²) in [4.78, 5) is 0. The third-order valence-electron chi connectivity index (χ3n) is 3.13. The van der Waals surface area contributed by atoms with Crippen molar-refractivity contribution in [2.75, 3.05) is 11.9 Å². The van der Waals surface area contributed by atoms with Gasteiger partial charge in [0.05, 0.1) is 17.0 Å². The minimum absolute atomic E-state index is 0.194. The molecule has 0 radical (unpaired) electrons. The van der Waals surface area contributed by atoms with Gasteiger partial charge in [-0.1, -0.05) is 12.1 Å². The number of nitrogens with zero attached hydrogens (tertiary/aromatic N) is 1. The molecule has 0 aliphatic carbocycles. The second-order valence-corrected chi connectivity index (χ2v) is 5.22. The summed E-state index contributed by atoms with van der Waals surface area (Å²) in [6.07, 6.45) is 2.40. The van der Waals surface area contributed by atoms with Crippen LogP contribution >= 0.6 is 23.2 Å². The summed E-state index contributed by atoms with van der Waals surface area (Å²) in [7, 11) is 0. The van der Waals surface area contributed by atoms with Crippen LogP contribution in [0.15, 0.2) is 24.3 Å². The van der Waals surface area contributed by atoms with Crippen molar-refractivity contribution >= 4 is 23.2 Å². The molecule has 1 N–H and O–H groups in total. The molecule has 0 aromatic heterocycles. The Kier molecular flexibility index (Phi) is 7.12. The van der Waals surface area contributed by atoms with E-state index in [1.807, 2.05) is 12.1 Å². The first-order valence-electron chi connectivity index (χ1n) is 6.06. The highest BCUT2D eigenvalue weighted by molar-refractivity contribution is 6.40. The topological polar surface area (TPSA) is 35.8 Å². The Bertz CT molecular complexity index is 384. The minimum Gasteiger partial charge on any atom is -0.314 e. The lowest BCUT2D eigenvalue weighted by atomic mass is 9.87. The molecule has 2 rings (SSSR count). The first kappa shape index (κ1) is 15.3. The van der Waals surface area contributed by atoms with Gasteiger partial charge in [-0.25, -0.2) is 0 Å². The number of alkyl halides is 2. The molecule has 1 heterocycles. The second-order valence-electron chi connectivity index (χ2n) is 4.41.